The Kier molecular flexibility index (Phi) is 4.96. The lowest BCUT2D eigenvalue weighted by Gasteiger charge is -2.50. The van der Waals surface area contributed by atoms with E-state index in [-0.39, 0.29) is 5.54 Å². The molecular formula is C19H25BrN6O. The van der Waals surface area contributed by atoms with Gasteiger partial charge in [-0.15, -0.1) is 0 Å². The Labute approximate surface area is 167 Å². The highest BCUT2D eigenvalue weighted by atomic mass is 79.9. The summed E-state index contributed by atoms with van der Waals surface area (Å²) in [6.45, 7) is 7.98. The zero-order valence-electron chi connectivity index (χ0n) is 15.7. The van der Waals surface area contributed by atoms with Crippen LogP contribution in [0.15, 0.2) is 29.0 Å². The first kappa shape index (κ1) is 18.5. The average molecular weight is 433 g/mol. The van der Waals surface area contributed by atoms with E-state index >= 15 is 0 Å². The van der Waals surface area contributed by atoms with Crippen LogP contribution in [0.3, 0.4) is 0 Å². The summed E-state index contributed by atoms with van der Waals surface area (Å²) in [6.07, 6.45) is 5.09. The van der Waals surface area contributed by atoms with Crippen molar-refractivity contribution in [3.8, 4) is 0 Å². The topological polar surface area (TPSA) is 69.4 Å². The number of rotatable bonds is 5. The van der Waals surface area contributed by atoms with Gasteiger partial charge in [-0.2, -0.15) is 5.10 Å². The van der Waals surface area contributed by atoms with Gasteiger partial charge in [0.05, 0.1) is 36.3 Å². The molecule has 0 unspecified atom stereocenters. The number of aryl methyl sites for hydroxylation is 1. The molecule has 27 heavy (non-hydrogen) atoms. The van der Waals surface area contributed by atoms with E-state index in [1.165, 1.54) is 6.21 Å². The highest BCUT2D eigenvalue weighted by Crippen LogP contribution is 2.35. The molecule has 8 heteroatoms. The maximum absolute atomic E-state index is 7.75. The average Bonchev–Trinajstić information content (AvgIpc) is 3.06. The molecule has 2 aromatic rings. The van der Waals surface area contributed by atoms with Crippen LogP contribution in [0.2, 0.25) is 0 Å². The van der Waals surface area contributed by atoms with E-state index in [9.17, 15) is 0 Å². The standard InChI is InChI=1S/C19H25BrN6O/c1-19(12-27-13-19)26-5-3-25(4-6-26)18-8-17(14(9-21)7-16(18)20)23-15-10-22-24(2)11-15/h7-11,21,23H,3-6,12-13H2,1-2H3. The summed E-state index contributed by atoms with van der Waals surface area (Å²) in [4.78, 5) is 4.95. The van der Waals surface area contributed by atoms with Crippen molar-refractivity contribution in [3.63, 3.8) is 0 Å². The molecule has 2 aliphatic rings. The summed E-state index contributed by atoms with van der Waals surface area (Å²) >= 11 is 3.70. The fourth-order valence-electron chi connectivity index (χ4n) is 3.76. The van der Waals surface area contributed by atoms with Crippen LogP contribution in [0.5, 0.6) is 0 Å². The summed E-state index contributed by atoms with van der Waals surface area (Å²) in [5.41, 5.74) is 4.03. The minimum atomic E-state index is 0.209. The maximum Gasteiger partial charge on any atom is 0.0770 e. The van der Waals surface area contributed by atoms with E-state index in [4.69, 9.17) is 10.1 Å². The number of ether oxygens (including phenoxy) is 1. The van der Waals surface area contributed by atoms with Gasteiger partial charge in [-0.3, -0.25) is 9.58 Å². The third-order valence-corrected chi connectivity index (χ3v) is 6.10. The van der Waals surface area contributed by atoms with Crippen molar-refractivity contribution in [1.29, 1.82) is 5.41 Å². The van der Waals surface area contributed by atoms with Crippen molar-refractivity contribution in [2.75, 3.05) is 49.6 Å². The quantitative estimate of drug-likeness (QED) is 0.710. The molecule has 0 radical (unpaired) electrons. The number of piperazine rings is 1. The van der Waals surface area contributed by atoms with Crippen molar-refractivity contribution in [1.82, 2.24) is 14.7 Å². The summed E-state index contributed by atoms with van der Waals surface area (Å²) in [5.74, 6) is 0. The van der Waals surface area contributed by atoms with Crippen molar-refractivity contribution in [3.05, 3.63) is 34.6 Å². The van der Waals surface area contributed by atoms with E-state index in [1.807, 2.05) is 19.3 Å². The molecule has 4 rings (SSSR count). The Morgan fingerprint density at radius 1 is 1.26 bits per heavy atom. The minimum Gasteiger partial charge on any atom is -0.377 e. The summed E-state index contributed by atoms with van der Waals surface area (Å²) in [6, 6.07) is 4.13. The molecule has 2 aliphatic heterocycles. The predicted molar refractivity (Wildman–Crippen MR) is 112 cm³/mol. The van der Waals surface area contributed by atoms with E-state index in [0.29, 0.717) is 0 Å². The third kappa shape index (κ3) is 3.61. The second kappa shape index (κ2) is 7.26. The first-order valence-corrected chi connectivity index (χ1v) is 9.95. The minimum absolute atomic E-state index is 0.209. The number of aromatic nitrogens is 2. The molecule has 7 nitrogen and oxygen atoms in total. The Morgan fingerprint density at radius 3 is 2.56 bits per heavy atom. The van der Waals surface area contributed by atoms with Crippen molar-refractivity contribution in [2.45, 2.75) is 12.5 Å². The lowest BCUT2D eigenvalue weighted by Crippen LogP contribution is -2.64. The Hall–Kier alpha value is -1.90. The van der Waals surface area contributed by atoms with Gasteiger partial charge in [-0.05, 0) is 35.0 Å². The Morgan fingerprint density at radius 2 is 2.00 bits per heavy atom. The summed E-state index contributed by atoms with van der Waals surface area (Å²) in [5, 5.41) is 15.3. The lowest BCUT2D eigenvalue weighted by molar-refractivity contribution is -0.131. The van der Waals surface area contributed by atoms with Gasteiger partial charge in [-0.25, -0.2) is 0 Å². The molecule has 0 saturated carbocycles. The number of anilines is 3. The van der Waals surface area contributed by atoms with Gasteiger partial charge < -0.3 is 20.4 Å². The number of hydrogen-bond donors (Lipinski definition) is 2. The van der Waals surface area contributed by atoms with Crippen molar-refractivity contribution >= 4 is 39.2 Å². The van der Waals surface area contributed by atoms with Crippen LogP contribution in [0.25, 0.3) is 0 Å². The maximum atomic E-state index is 7.75. The highest BCUT2D eigenvalue weighted by molar-refractivity contribution is 9.10. The fraction of sp³-hybridized carbons (Fsp3) is 0.474. The molecule has 3 heterocycles. The van der Waals surface area contributed by atoms with Crippen LogP contribution < -0.4 is 10.2 Å². The third-order valence-electron chi connectivity index (χ3n) is 5.47. The molecule has 0 bridgehead atoms. The molecule has 0 aliphatic carbocycles. The first-order chi connectivity index (χ1) is 13.0. The SMILES string of the molecule is Cn1cc(Nc2cc(N3CCN(C4(C)COC4)CC3)c(Br)cc2C=N)cn1. The normalized spacial score (nSPS) is 19.6. The number of nitrogens with one attached hydrogen (secondary N) is 2. The number of halogens is 1. The van der Waals surface area contributed by atoms with Crippen molar-refractivity contribution in [2.24, 2.45) is 7.05 Å². The smallest absolute Gasteiger partial charge is 0.0770 e. The molecule has 2 N–H and O–H groups in total. The second-order valence-electron chi connectivity index (χ2n) is 7.53. The second-order valence-corrected chi connectivity index (χ2v) is 8.38. The van der Waals surface area contributed by atoms with Crippen molar-refractivity contribution < 1.29 is 4.74 Å². The van der Waals surface area contributed by atoms with Gasteiger partial charge in [0.2, 0.25) is 0 Å². The highest BCUT2D eigenvalue weighted by Gasteiger charge is 2.40. The molecule has 0 atom stereocenters. The fourth-order valence-corrected chi connectivity index (χ4v) is 4.37. The van der Waals surface area contributed by atoms with Gasteiger partial charge in [0.15, 0.2) is 0 Å². The zero-order valence-corrected chi connectivity index (χ0v) is 17.3. The molecule has 0 spiro atoms. The van der Waals surface area contributed by atoms with Crippen LogP contribution in [0.1, 0.15) is 12.5 Å². The Bertz CT molecular complexity index is 839. The van der Waals surface area contributed by atoms with Crippen LogP contribution >= 0.6 is 15.9 Å². The summed E-state index contributed by atoms with van der Waals surface area (Å²) < 4.78 is 8.20. The number of hydrogen-bond acceptors (Lipinski definition) is 6. The Balaban J connectivity index is 1.54. The molecule has 1 aromatic carbocycles. The van der Waals surface area contributed by atoms with Gasteiger partial charge in [0.25, 0.3) is 0 Å². The zero-order chi connectivity index (χ0) is 19.0. The van der Waals surface area contributed by atoms with Gasteiger partial charge >= 0.3 is 0 Å². The first-order valence-electron chi connectivity index (χ1n) is 9.16. The molecule has 144 valence electrons. The lowest BCUT2D eigenvalue weighted by atomic mass is 9.97. The van der Waals surface area contributed by atoms with E-state index in [0.717, 1.165) is 66.5 Å². The van der Waals surface area contributed by atoms with Crippen LogP contribution in [0, 0.1) is 5.41 Å². The van der Waals surface area contributed by atoms with Crippen LogP contribution in [-0.2, 0) is 11.8 Å². The molecule has 0 amide bonds. The predicted octanol–water partition coefficient (Wildman–Crippen LogP) is 2.83. The van der Waals surface area contributed by atoms with Gasteiger partial charge in [0, 0.05) is 61.4 Å². The monoisotopic (exact) mass is 432 g/mol. The van der Waals surface area contributed by atoms with E-state index in [1.54, 1.807) is 10.9 Å². The van der Waals surface area contributed by atoms with Gasteiger partial charge in [-0.1, -0.05) is 0 Å². The molecule has 2 fully saturated rings. The molecular weight excluding hydrogens is 408 g/mol. The number of benzene rings is 1. The van der Waals surface area contributed by atoms with Crippen LogP contribution in [0.4, 0.5) is 17.1 Å². The largest absolute Gasteiger partial charge is 0.377 e. The van der Waals surface area contributed by atoms with Crippen LogP contribution in [-0.4, -0.2) is 65.8 Å². The van der Waals surface area contributed by atoms with E-state index < -0.39 is 0 Å². The summed E-state index contributed by atoms with van der Waals surface area (Å²) in [7, 11) is 1.89. The number of nitrogens with zero attached hydrogens (tertiary/aromatic N) is 4. The van der Waals surface area contributed by atoms with E-state index in [2.05, 4.69) is 49.1 Å². The molecule has 2 saturated heterocycles. The molecule has 1 aromatic heterocycles. The van der Waals surface area contributed by atoms with Gasteiger partial charge in [0.1, 0.15) is 0 Å².